The summed E-state index contributed by atoms with van der Waals surface area (Å²) < 4.78 is 12.1. The van der Waals surface area contributed by atoms with Crippen molar-refractivity contribution in [3.63, 3.8) is 0 Å². The van der Waals surface area contributed by atoms with Gasteiger partial charge in [0.05, 0.1) is 26.0 Å². The zero-order valence-electron chi connectivity index (χ0n) is 15.2. The van der Waals surface area contributed by atoms with Crippen LogP contribution in [-0.2, 0) is 16.1 Å². The van der Waals surface area contributed by atoms with Crippen LogP contribution in [0.2, 0.25) is 5.02 Å². The molecule has 1 aliphatic rings. The number of nitrogens with zero attached hydrogens (tertiary/aromatic N) is 2. The zero-order chi connectivity index (χ0) is 19.8. The van der Waals surface area contributed by atoms with Gasteiger partial charge >= 0.3 is 0 Å². The molecule has 1 saturated heterocycles. The molecule has 2 aromatic carbocycles. The molecule has 1 heterocycles. The molecule has 148 valence electrons. The number of amides is 1. The summed E-state index contributed by atoms with van der Waals surface area (Å²) in [5, 5.41) is 4.76. The number of hydrazone groups is 1. The molecule has 1 amide bonds. The van der Waals surface area contributed by atoms with E-state index in [0.717, 1.165) is 28.7 Å². The van der Waals surface area contributed by atoms with Gasteiger partial charge < -0.3 is 9.47 Å². The summed E-state index contributed by atoms with van der Waals surface area (Å²) in [6.07, 6.45) is 1.58. The van der Waals surface area contributed by atoms with Gasteiger partial charge in [-0.25, -0.2) is 5.43 Å². The lowest BCUT2D eigenvalue weighted by molar-refractivity contribution is -0.123. The number of nitrogens with one attached hydrogen (secondary N) is 1. The highest BCUT2D eigenvalue weighted by molar-refractivity contribution is 9.10. The number of hydrogen-bond acceptors (Lipinski definition) is 5. The normalized spacial score (nSPS) is 14.9. The molecule has 6 nitrogen and oxygen atoms in total. The second-order valence-electron chi connectivity index (χ2n) is 6.28. The molecule has 2 aromatic rings. The zero-order valence-corrected chi connectivity index (χ0v) is 17.6. The first-order valence-electron chi connectivity index (χ1n) is 8.89. The van der Waals surface area contributed by atoms with Crippen molar-refractivity contribution < 1.29 is 14.3 Å². The molecule has 8 heteroatoms. The fourth-order valence-corrected chi connectivity index (χ4v) is 3.17. The molecule has 28 heavy (non-hydrogen) atoms. The van der Waals surface area contributed by atoms with Crippen LogP contribution >= 0.6 is 27.5 Å². The smallest absolute Gasteiger partial charge is 0.254 e. The summed E-state index contributed by atoms with van der Waals surface area (Å²) in [5.74, 6) is 0.515. The highest BCUT2D eigenvalue weighted by atomic mass is 79.9. The number of carbonyl (C=O) groups excluding carboxylic acids is 1. The van der Waals surface area contributed by atoms with E-state index in [9.17, 15) is 4.79 Å². The Hall–Kier alpha value is -1.93. The van der Waals surface area contributed by atoms with Crippen LogP contribution in [0.25, 0.3) is 0 Å². The second-order valence-corrected chi connectivity index (χ2v) is 7.63. The summed E-state index contributed by atoms with van der Waals surface area (Å²) >= 11 is 9.36. The average molecular weight is 467 g/mol. The lowest BCUT2D eigenvalue weighted by Gasteiger charge is -2.25. The lowest BCUT2D eigenvalue weighted by Crippen LogP contribution is -2.42. The minimum atomic E-state index is -0.156. The fraction of sp³-hybridized carbons (Fsp3) is 0.300. The van der Waals surface area contributed by atoms with Crippen molar-refractivity contribution in [3.8, 4) is 5.75 Å². The summed E-state index contributed by atoms with van der Waals surface area (Å²) in [6, 6.07) is 13.1. The molecule has 0 spiro atoms. The molecule has 1 N–H and O–H groups in total. The third-order valence-electron chi connectivity index (χ3n) is 4.14. The number of halogens is 2. The van der Waals surface area contributed by atoms with Gasteiger partial charge in [0.2, 0.25) is 0 Å². The third kappa shape index (κ3) is 6.60. The van der Waals surface area contributed by atoms with Gasteiger partial charge in [-0.15, -0.1) is 0 Å². The molecule has 0 radical (unpaired) electrons. The van der Waals surface area contributed by atoms with Crippen LogP contribution in [-0.4, -0.2) is 49.9 Å². The van der Waals surface area contributed by atoms with E-state index >= 15 is 0 Å². The van der Waals surface area contributed by atoms with Gasteiger partial charge in [-0.1, -0.05) is 39.7 Å². The third-order valence-corrected chi connectivity index (χ3v) is 4.89. The fourth-order valence-electron chi connectivity index (χ4n) is 2.66. The van der Waals surface area contributed by atoms with Crippen molar-refractivity contribution >= 4 is 39.7 Å². The molecule has 0 bridgehead atoms. The van der Waals surface area contributed by atoms with Crippen molar-refractivity contribution in [1.82, 2.24) is 10.3 Å². The molecular weight excluding hydrogens is 446 g/mol. The van der Waals surface area contributed by atoms with E-state index in [0.29, 0.717) is 37.1 Å². The van der Waals surface area contributed by atoms with Gasteiger partial charge in [0.25, 0.3) is 5.91 Å². The Balaban J connectivity index is 1.57. The van der Waals surface area contributed by atoms with Gasteiger partial charge in [-0.2, -0.15) is 5.10 Å². The van der Waals surface area contributed by atoms with Crippen LogP contribution in [0.5, 0.6) is 5.75 Å². The average Bonchev–Trinajstić information content (AvgIpc) is 2.69. The number of benzene rings is 2. The molecule has 0 saturated carbocycles. The Morgan fingerprint density at radius 1 is 1.25 bits per heavy atom. The molecule has 0 aliphatic carbocycles. The number of carbonyl (C=O) groups is 1. The molecule has 1 aliphatic heterocycles. The van der Waals surface area contributed by atoms with Crippen LogP contribution in [0.3, 0.4) is 0 Å². The Bertz CT molecular complexity index is 824. The van der Waals surface area contributed by atoms with E-state index in [-0.39, 0.29) is 5.91 Å². The van der Waals surface area contributed by atoms with Crippen LogP contribution < -0.4 is 10.2 Å². The second kappa shape index (κ2) is 10.6. The van der Waals surface area contributed by atoms with Crippen LogP contribution in [0, 0.1) is 0 Å². The van der Waals surface area contributed by atoms with Gasteiger partial charge in [0.1, 0.15) is 12.4 Å². The molecule has 1 fully saturated rings. The van der Waals surface area contributed by atoms with Gasteiger partial charge in [0.15, 0.2) is 0 Å². The SMILES string of the molecule is O=C(CN1CCOCC1)N/N=C/c1cc(Br)ccc1OCc1ccc(Cl)cc1. The van der Waals surface area contributed by atoms with Gasteiger partial charge in [0, 0.05) is 28.1 Å². The summed E-state index contributed by atoms with van der Waals surface area (Å²) in [4.78, 5) is 14.1. The van der Waals surface area contributed by atoms with Crippen molar-refractivity contribution in [2.24, 2.45) is 5.10 Å². The quantitative estimate of drug-likeness (QED) is 0.501. The van der Waals surface area contributed by atoms with Crippen molar-refractivity contribution in [3.05, 3.63) is 63.1 Å². The highest BCUT2D eigenvalue weighted by Gasteiger charge is 2.13. The minimum Gasteiger partial charge on any atom is -0.488 e. The molecular formula is C20H21BrClN3O3. The molecule has 3 rings (SSSR count). The topological polar surface area (TPSA) is 63.2 Å². The number of hydrogen-bond donors (Lipinski definition) is 1. The summed E-state index contributed by atoms with van der Waals surface area (Å²) in [5.41, 5.74) is 4.34. The number of morpholine rings is 1. The predicted octanol–water partition coefficient (Wildman–Crippen LogP) is 3.46. The standard InChI is InChI=1S/C20H21BrClN3O3/c21-17-3-6-19(28-14-15-1-4-18(22)5-2-15)16(11-17)12-23-24-20(26)13-25-7-9-27-10-8-25/h1-6,11-12H,7-10,13-14H2,(H,24,26)/b23-12+. The Morgan fingerprint density at radius 2 is 2.00 bits per heavy atom. The van der Waals surface area contributed by atoms with Crippen LogP contribution in [0.4, 0.5) is 0 Å². The number of ether oxygens (including phenoxy) is 2. The first kappa shape index (κ1) is 20.8. The summed E-state index contributed by atoms with van der Waals surface area (Å²) in [6.45, 7) is 3.53. The Morgan fingerprint density at radius 3 is 2.75 bits per heavy atom. The van der Waals surface area contributed by atoms with E-state index in [1.54, 1.807) is 6.21 Å². The van der Waals surface area contributed by atoms with Gasteiger partial charge in [-0.3, -0.25) is 9.69 Å². The Labute approximate surface area is 177 Å². The van der Waals surface area contributed by atoms with Crippen LogP contribution in [0.15, 0.2) is 52.0 Å². The lowest BCUT2D eigenvalue weighted by atomic mass is 10.2. The predicted molar refractivity (Wildman–Crippen MR) is 113 cm³/mol. The monoisotopic (exact) mass is 465 g/mol. The maximum absolute atomic E-state index is 12.0. The maximum Gasteiger partial charge on any atom is 0.254 e. The first-order chi connectivity index (χ1) is 13.6. The highest BCUT2D eigenvalue weighted by Crippen LogP contribution is 2.23. The minimum absolute atomic E-state index is 0.156. The van der Waals surface area contributed by atoms with Crippen molar-refractivity contribution in [2.45, 2.75) is 6.61 Å². The van der Waals surface area contributed by atoms with Crippen LogP contribution in [0.1, 0.15) is 11.1 Å². The number of rotatable bonds is 7. The van der Waals surface area contributed by atoms with Crippen molar-refractivity contribution in [1.29, 1.82) is 0 Å². The Kier molecular flexibility index (Phi) is 7.85. The molecule has 0 aromatic heterocycles. The molecule has 0 unspecified atom stereocenters. The molecule has 0 atom stereocenters. The largest absolute Gasteiger partial charge is 0.488 e. The van der Waals surface area contributed by atoms with E-state index in [2.05, 4.69) is 26.5 Å². The van der Waals surface area contributed by atoms with E-state index in [1.165, 1.54) is 0 Å². The van der Waals surface area contributed by atoms with E-state index in [1.807, 2.05) is 47.4 Å². The maximum atomic E-state index is 12.0. The first-order valence-corrected chi connectivity index (χ1v) is 10.1. The van der Waals surface area contributed by atoms with Gasteiger partial charge in [-0.05, 0) is 35.9 Å². The van der Waals surface area contributed by atoms with E-state index < -0.39 is 0 Å². The summed E-state index contributed by atoms with van der Waals surface area (Å²) in [7, 11) is 0. The van der Waals surface area contributed by atoms with E-state index in [4.69, 9.17) is 21.1 Å². The van der Waals surface area contributed by atoms with Crippen molar-refractivity contribution in [2.75, 3.05) is 32.8 Å².